The molecule has 0 bridgehead atoms. The van der Waals surface area contributed by atoms with E-state index in [2.05, 4.69) is 10.3 Å². The molecule has 5 heteroatoms. The molecule has 0 aliphatic rings. The molecular weight excluding hydrogens is 286 g/mol. The molecule has 1 amide bonds. The van der Waals surface area contributed by atoms with Gasteiger partial charge in [0, 0.05) is 22.7 Å². The monoisotopic (exact) mass is 300 g/mol. The zero-order valence-electron chi connectivity index (χ0n) is 12.1. The lowest BCUT2D eigenvalue weighted by Gasteiger charge is -2.05. The van der Waals surface area contributed by atoms with Gasteiger partial charge >= 0.3 is 0 Å². The summed E-state index contributed by atoms with van der Waals surface area (Å²) in [5, 5.41) is 3.53. The van der Waals surface area contributed by atoms with Gasteiger partial charge in [-0.3, -0.25) is 4.79 Å². The van der Waals surface area contributed by atoms with Crippen LogP contribution in [0.3, 0.4) is 0 Å². The summed E-state index contributed by atoms with van der Waals surface area (Å²) in [5.41, 5.74) is 3.39. The molecular formula is C17H14F2N2O. The largest absolute Gasteiger partial charge is 0.350 e. The van der Waals surface area contributed by atoms with Crippen LogP contribution in [-0.2, 0) is 0 Å². The van der Waals surface area contributed by atoms with E-state index in [0.29, 0.717) is 5.69 Å². The Morgan fingerprint density at radius 3 is 2.55 bits per heavy atom. The quantitative estimate of drug-likeness (QED) is 0.727. The van der Waals surface area contributed by atoms with Gasteiger partial charge in [0.15, 0.2) is 11.6 Å². The number of benzene rings is 2. The predicted molar refractivity (Wildman–Crippen MR) is 82.1 cm³/mol. The van der Waals surface area contributed by atoms with Gasteiger partial charge in [0.1, 0.15) is 5.69 Å². The molecule has 112 valence electrons. The Bertz CT molecular complexity index is 884. The summed E-state index contributed by atoms with van der Waals surface area (Å²) in [7, 11) is 0. The third-order valence-corrected chi connectivity index (χ3v) is 3.62. The Morgan fingerprint density at radius 2 is 1.82 bits per heavy atom. The van der Waals surface area contributed by atoms with E-state index in [-0.39, 0.29) is 5.69 Å². The maximum Gasteiger partial charge on any atom is 0.272 e. The number of amides is 1. The number of H-pyrrole nitrogens is 1. The highest BCUT2D eigenvalue weighted by Crippen LogP contribution is 2.24. The lowest BCUT2D eigenvalue weighted by Crippen LogP contribution is -2.13. The van der Waals surface area contributed by atoms with Gasteiger partial charge in [0.25, 0.3) is 5.91 Å². The van der Waals surface area contributed by atoms with Crippen LogP contribution in [0.4, 0.5) is 14.5 Å². The number of carbonyl (C=O) groups is 1. The van der Waals surface area contributed by atoms with E-state index in [4.69, 9.17) is 0 Å². The van der Waals surface area contributed by atoms with Crippen molar-refractivity contribution in [1.29, 1.82) is 0 Å². The van der Waals surface area contributed by atoms with Crippen molar-refractivity contribution in [3.8, 4) is 0 Å². The van der Waals surface area contributed by atoms with E-state index < -0.39 is 17.5 Å². The fourth-order valence-corrected chi connectivity index (χ4v) is 2.43. The van der Waals surface area contributed by atoms with E-state index in [0.717, 1.165) is 34.2 Å². The first-order valence-corrected chi connectivity index (χ1v) is 6.81. The van der Waals surface area contributed by atoms with E-state index in [1.165, 1.54) is 6.07 Å². The minimum absolute atomic E-state index is 0.207. The van der Waals surface area contributed by atoms with Crippen LogP contribution < -0.4 is 5.32 Å². The van der Waals surface area contributed by atoms with Gasteiger partial charge in [0.05, 0.1) is 0 Å². The van der Waals surface area contributed by atoms with Crippen LogP contribution >= 0.6 is 0 Å². The average Bonchev–Trinajstić information content (AvgIpc) is 2.80. The third-order valence-electron chi connectivity index (χ3n) is 3.62. The van der Waals surface area contributed by atoms with Crippen molar-refractivity contribution in [2.24, 2.45) is 0 Å². The number of carbonyl (C=O) groups excluding carboxylic acids is 1. The molecule has 2 aromatic carbocycles. The van der Waals surface area contributed by atoms with Crippen molar-refractivity contribution in [3.05, 3.63) is 64.9 Å². The van der Waals surface area contributed by atoms with Crippen LogP contribution in [0.5, 0.6) is 0 Å². The molecule has 1 heterocycles. The summed E-state index contributed by atoms with van der Waals surface area (Å²) >= 11 is 0. The second-order valence-corrected chi connectivity index (χ2v) is 5.26. The predicted octanol–water partition coefficient (Wildman–Crippen LogP) is 4.32. The Hall–Kier alpha value is -2.69. The first-order valence-electron chi connectivity index (χ1n) is 6.81. The zero-order chi connectivity index (χ0) is 15.9. The van der Waals surface area contributed by atoms with Crippen molar-refractivity contribution in [1.82, 2.24) is 4.98 Å². The highest BCUT2D eigenvalue weighted by molar-refractivity contribution is 6.07. The number of halogens is 2. The van der Waals surface area contributed by atoms with Crippen LogP contribution in [0.2, 0.25) is 0 Å². The number of aromatic amines is 1. The number of hydrogen-bond acceptors (Lipinski definition) is 1. The van der Waals surface area contributed by atoms with Crippen LogP contribution in [0.15, 0.2) is 36.4 Å². The van der Waals surface area contributed by atoms with Gasteiger partial charge in [-0.05, 0) is 43.7 Å². The molecule has 0 aliphatic carbocycles. The molecule has 3 rings (SSSR count). The number of anilines is 1. The highest BCUT2D eigenvalue weighted by Gasteiger charge is 2.15. The summed E-state index contributed by atoms with van der Waals surface area (Å²) in [6, 6.07) is 9.11. The maximum absolute atomic E-state index is 13.2. The molecule has 3 nitrogen and oxygen atoms in total. The first-order chi connectivity index (χ1) is 10.5. The minimum atomic E-state index is -0.998. The molecule has 0 fully saturated rings. The van der Waals surface area contributed by atoms with E-state index >= 15 is 0 Å². The van der Waals surface area contributed by atoms with Gasteiger partial charge in [-0.15, -0.1) is 0 Å². The molecule has 0 saturated carbocycles. The second-order valence-electron chi connectivity index (χ2n) is 5.26. The Morgan fingerprint density at radius 1 is 1.05 bits per heavy atom. The minimum Gasteiger partial charge on any atom is -0.350 e. The molecule has 0 unspecified atom stereocenters. The molecule has 3 aromatic rings. The standard InChI is InChI=1S/C17H14F2N2O/c1-9-3-6-15-12(7-9)10(2)16(21-15)17(22)20-11-4-5-13(18)14(19)8-11/h3-8,21H,1-2H3,(H,20,22). The summed E-state index contributed by atoms with van der Waals surface area (Å²) in [4.78, 5) is 15.4. The molecule has 2 N–H and O–H groups in total. The summed E-state index contributed by atoms with van der Waals surface area (Å²) in [6.07, 6.45) is 0. The van der Waals surface area contributed by atoms with Gasteiger partial charge in [-0.1, -0.05) is 11.6 Å². The average molecular weight is 300 g/mol. The number of rotatable bonds is 2. The second kappa shape index (κ2) is 5.26. The summed E-state index contributed by atoms with van der Waals surface area (Å²) in [6.45, 7) is 3.82. The van der Waals surface area contributed by atoms with Crippen molar-refractivity contribution < 1.29 is 13.6 Å². The first kappa shape index (κ1) is 14.3. The molecule has 0 atom stereocenters. The normalized spacial score (nSPS) is 10.9. The number of nitrogens with one attached hydrogen (secondary N) is 2. The zero-order valence-corrected chi connectivity index (χ0v) is 12.1. The summed E-state index contributed by atoms with van der Waals surface area (Å²) < 4.78 is 26.1. The summed E-state index contributed by atoms with van der Waals surface area (Å²) in [5.74, 6) is -2.34. The number of aryl methyl sites for hydroxylation is 2. The number of fused-ring (bicyclic) bond motifs is 1. The highest BCUT2D eigenvalue weighted by atomic mass is 19.2. The molecule has 0 spiro atoms. The fourth-order valence-electron chi connectivity index (χ4n) is 2.43. The van der Waals surface area contributed by atoms with E-state index in [1.807, 2.05) is 32.0 Å². The lowest BCUT2D eigenvalue weighted by atomic mass is 10.1. The molecule has 0 radical (unpaired) electrons. The van der Waals surface area contributed by atoms with Gasteiger partial charge in [-0.2, -0.15) is 0 Å². The third kappa shape index (κ3) is 2.45. The van der Waals surface area contributed by atoms with Crippen LogP contribution in [0.25, 0.3) is 10.9 Å². The van der Waals surface area contributed by atoms with Gasteiger partial charge in [0.2, 0.25) is 0 Å². The van der Waals surface area contributed by atoms with Crippen molar-refractivity contribution in [3.63, 3.8) is 0 Å². The van der Waals surface area contributed by atoms with Gasteiger partial charge in [-0.25, -0.2) is 8.78 Å². The smallest absolute Gasteiger partial charge is 0.272 e. The van der Waals surface area contributed by atoms with Crippen molar-refractivity contribution in [2.75, 3.05) is 5.32 Å². The number of aromatic nitrogens is 1. The Labute approximate surface area is 126 Å². The SMILES string of the molecule is Cc1ccc2[nH]c(C(=O)Nc3ccc(F)c(F)c3)c(C)c2c1. The number of hydrogen-bond donors (Lipinski definition) is 2. The van der Waals surface area contributed by atoms with Crippen LogP contribution in [-0.4, -0.2) is 10.9 Å². The topological polar surface area (TPSA) is 44.9 Å². The van der Waals surface area contributed by atoms with Gasteiger partial charge < -0.3 is 10.3 Å². The van der Waals surface area contributed by atoms with Crippen LogP contribution in [0, 0.1) is 25.5 Å². The fraction of sp³-hybridized carbons (Fsp3) is 0.118. The molecule has 1 aromatic heterocycles. The van der Waals surface area contributed by atoms with E-state index in [1.54, 1.807) is 0 Å². The molecule has 0 saturated heterocycles. The molecule has 0 aliphatic heterocycles. The lowest BCUT2D eigenvalue weighted by molar-refractivity contribution is 0.102. The van der Waals surface area contributed by atoms with Crippen molar-refractivity contribution in [2.45, 2.75) is 13.8 Å². The Balaban J connectivity index is 1.95. The van der Waals surface area contributed by atoms with Crippen molar-refractivity contribution >= 4 is 22.5 Å². The van der Waals surface area contributed by atoms with E-state index in [9.17, 15) is 13.6 Å². The van der Waals surface area contributed by atoms with Crippen LogP contribution in [0.1, 0.15) is 21.6 Å². The maximum atomic E-state index is 13.2. The molecule has 22 heavy (non-hydrogen) atoms. The Kier molecular flexibility index (Phi) is 3.41.